The van der Waals surface area contributed by atoms with E-state index in [4.69, 9.17) is 0 Å². The van der Waals surface area contributed by atoms with Crippen molar-refractivity contribution in [3.8, 4) is 0 Å². The van der Waals surface area contributed by atoms with Crippen LogP contribution in [-0.4, -0.2) is 23.5 Å². The highest BCUT2D eigenvalue weighted by molar-refractivity contribution is 5.95. The highest BCUT2D eigenvalue weighted by Crippen LogP contribution is 2.18. The molecule has 2 aromatic rings. The molecule has 1 saturated carbocycles. The van der Waals surface area contributed by atoms with Crippen LogP contribution in [0.25, 0.3) is 10.8 Å². The van der Waals surface area contributed by atoms with Crippen LogP contribution in [0.2, 0.25) is 0 Å². The predicted octanol–water partition coefficient (Wildman–Crippen LogP) is 3.10. The number of hydrogen-bond donors (Lipinski definition) is 2. The van der Waals surface area contributed by atoms with Gasteiger partial charge in [0.2, 0.25) is 5.91 Å². The van der Waals surface area contributed by atoms with Crippen LogP contribution in [0, 0.1) is 0 Å². The van der Waals surface area contributed by atoms with E-state index in [-0.39, 0.29) is 5.91 Å². The Balaban J connectivity index is 1.55. The molecule has 0 spiro atoms. The number of benzene rings is 1. The fourth-order valence-corrected chi connectivity index (χ4v) is 2.91. The zero-order chi connectivity index (χ0) is 14.5. The molecule has 4 heteroatoms. The minimum absolute atomic E-state index is 0.0222. The number of hydrogen-bond acceptors (Lipinski definition) is 3. The average Bonchev–Trinajstić information content (AvgIpc) is 2.54. The van der Waals surface area contributed by atoms with Crippen molar-refractivity contribution in [3.63, 3.8) is 0 Å². The summed E-state index contributed by atoms with van der Waals surface area (Å²) in [5, 5.41) is 8.47. The van der Waals surface area contributed by atoms with Gasteiger partial charge < -0.3 is 10.6 Å². The van der Waals surface area contributed by atoms with Crippen LogP contribution in [0.5, 0.6) is 0 Å². The van der Waals surface area contributed by atoms with E-state index in [9.17, 15) is 4.79 Å². The number of aromatic nitrogens is 1. The second kappa shape index (κ2) is 6.68. The lowest BCUT2D eigenvalue weighted by Gasteiger charge is -2.22. The average molecular weight is 283 g/mol. The summed E-state index contributed by atoms with van der Waals surface area (Å²) in [6.45, 7) is 0.388. The van der Waals surface area contributed by atoms with E-state index >= 15 is 0 Å². The van der Waals surface area contributed by atoms with Crippen LogP contribution in [0.4, 0.5) is 5.69 Å². The first-order valence-electron chi connectivity index (χ1n) is 7.68. The molecule has 1 aromatic carbocycles. The third kappa shape index (κ3) is 3.79. The van der Waals surface area contributed by atoms with Gasteiger partial charge in [0.05, 0.1) is 6.54 Å². The summed E-state index contributed by atoms with van der Waals surface area (Å²) in [5.41, 5.74) is 0.837. The number of pyridine rings is 1. The maximum absolute atomic E-state index is 12.0. The third-order valence-electron chi connectivity index (χ3n) is 4.08. The highest BCUT2D eigenvalue weighted by atomic mass is 16.1. The molecule has 1 aliphatic carbocycles. The Kier molecular flexibility index (Phi) is 4.46. The standard InChI is InChI=1S/C17H21N3O/c21-17(12-19-15-4-2-1-3-5-15)20-16-7-6-14-11-18-9-8-13(14)10-16/h6-11,15,19H,1-5,12H2,(H,20,21). The molecule has 0 atom stereocenters. The number of nitrogens with zero attached hydrogens (tertiary/aromatic N) is 1. The summed E-state index contributed by atoms with van der Waals surface area (Å²) in [6, 6.07) is 8.34. The lowest BCUT2D eigenvalue weighted by Crippen LogP contribution is -2.37. The molecular weight excluding hydrogens is 262 g/mol. The van der Waals surface area contributed by atoms with Crippen molar-refractivity contribution < 1.29 is 4.79 Å². The fraction of sp³-hybridized carbons (Fsp3) is 0.412. The van der Waals surface area contributed by atoms with Crippen molar-refractivity contribution in [2.45, 2.75) is 38.1 Å². The number of carbonyl (C=O) groups is 1. The quantitative estimate of drug-likeness (QED) is 0.906. The summed E-state index contributed by atoms with van der Waals surface area (Å²) in [7, 11) is 0. The van der Waals surface area contributed by atoms with Crippen LogP contribution in [0.3, 0.4) is 0 Å². The molecule has 0 aliphatic heterocycles. The number of rotatable bonds is 4. The van der Waals surface area contributed by atoms with E-state index in [2.05, 4.69) is 15.6 Å². The molecule has 1 amide bonds. The van der Waals surface area contributed by atoms with E-state index in [0.717, 1.165) is 16.5 Å². The van der Waals surface area contributed by atoms with Crippen molar-refractivity contribution in [1.82, 2.24) is 10.3 Å². The molecule has 21 heavy (non-hydrogen) atoms. The van der Waals surface area contributed by atoms with E-state index < -0.39 is 0 Å². The Morgan fingerprint density at radius 2 is 2.00 bits per heavy atom. The minimum atomic E-state index is 0.0222. The van der Waals surface area contributed by atoms with Gasteiger partial charge in [-0.15, -0.1) is 0 Å². The fourth-order valence-electron chi connectivity index (χ4n) is 2.91. The summed E-state index contributed by atoms with van der Waals surface area (Å²) in [6.07, 6.45) is 9.85. The first-order chi connectivity index (χ1) is 10.3. The highest BCUT2D eigenvalue weighted by Gasteiger charge is 2.13. The van der Waals surface area contributed by atoms with E-state index in [0.29, 0.717) is 12.6 Å². The van der Waals surface area contributed by atoms with Gasteiger partial charge in [0.1, 0.15) is 0 Å². The topological polar surface area (TPSA) is 54.0 Å². The number of fused-ring (bicyclic) bond motifs is 1. The van der Waals surface area contributed by atoms with Crippen LogP contribution < -0.4 is 10.6 Å². The zero-order valence-corrected chi connectivity index (χ0v) is 12.1. The van der Waals surface area contributed by atoms with Crippen LogP contribution in [-0.2, 0) is 4.79 Å². The Morgan fingerprint density at radius 1 is 1.14 bits per heavy atom. The number of amides is 1. The normalized spacial score (nSPS) is 16.0. The molecule has 0 radical (unpaired) electrons. The zero-order valence-electron chi connectivity index (χ0n) is 12.1. The largest absolute Gasteiger partial charge is 0.325 e. The summed E-state index contributed by atoms with van der Waals surface area (Å²) >= 11 is 0. The number of carbonyl (C=O) groups excluding carboxylic acids is 1. The predicted molar refractivity (Wildman–Crippen MR) is 85.2 cm³/mol. The maximum Gasteiger partial charge on any atom is 0.238 e. The molecule has 110 valence electrons. The molecule has 0 unspecified atom stereocenters. The molecule has 1 aromatic heterocycles. The molecule has 3 rings (SSSR count). The van der Waals surface area contributed by atoms with E-state index in [1.807, 2.05) is 30.5 Å². The van der Waals surface area contributed by atoms with E-state index in [1.165, 1.54) is 32.1 Å². The Morgan fingerprint density at radius 3 is 2.86 bits per heavy atom. The first kappa shape index (κ1) is 14.0. The Labute approximate surface area is 125 Å². The van der Waals surface area contributed by atoms with Gasteiger partial charge in [0, 0.05) is 29.5 Å². The lowest BCUT2D eigenvalue weighted by atomic mass is 9.95. The van der Waals surface area contributed by atoms with Gasteiger partial charge in [-0.2, -0.15) is 0 Å². The maximum atomic E-state index is 12.0. The van der Waals surface area contributed by atoms with Crippen molar-refractivity contribution in [3.05, 3.63) is 36.7 Å². The summed E-state index contributed by atoms with van der Waals surface area (Å²) in [4.78, 5) is 16.1. The molecule has 0 saturated heterocycles. The Hall–Kier alpha value is -1.94. The lowest BCUT2D eigenvalue weighted by molar-refractivity contribution is -0.115. The number of nitrogens with one attached hydrogen (secondary N) is 2. The summed E-state index contributed by atoms with van der Waals surface area (Å²) < 4.78 is 0. The van der Waals surface area contributed by atoms with Crippen molar-refractivity contribution in [2.75, 3.05) is 11.9 Å². The van der Waals surface area contributed by atoms with Gasteiger partial charge in [-0.05, 0) is 36.4 Å². The molecule has 1 heterocycles. The van der Waals surface area contributed by atoms with Gasteiger partial charge in [-0.3, -0.25) is 9.78 Å². The van der Waals surface area contributed by atoms with Crippen molar-refractivity contribution in [1.29, 1.82) is 0 Å². The third-order valence-corrected chi connectivity index (χ3v) is 4.08. The molecule has 1 aliphatic rings. The first-order valence-corrected chi connectivity index (χ1v) is 7.68. The van der Waals surface area contributed by atoms with E-state index in [1.54, 1.807) is 6.20 Å². The smallest absolute Gasteiger partial charge is 0.238 e. The van der Waals surface area contributed by atoms with Crippen LogP contribution in [0.15, 0.2) is 36.7 Å². The van der Waals surface area contributed by atoms with Crippen molar-refractivity contribution in [2.24, 2.45) is 0 Å². The summed E-state index contributed by atoms with van der Waals surface area (Å²) in [5.74, 6) is 0.0222. The Bertz CT molecular complexity index is 620. The molecule has 4 nitrogen and oxygen atoms in total. The van der Waals surface area contributed by atoms with Gasteiger partial charge >= 0.3 is 0 Å². The minimum Gasteiger partial charge on any atom is -0.325 e. The molecule has 1 fully saturated rings. The van der Waals surface area contributed by atoms with Crippen molar-refractivity contribution >= 4 is 22.4 Å². The van der Waals surface area contributed by atoms with Crippen LogP contribution >= 0.6 is 0 Å². The van der Waals surface area contributed by atoms with Crippen LogP contribution in [0.1, 0.15) is 32.1 Å². The SMILES string of the molecule is O=C(CNC1CCCCC1)Nc1ccc2cnccc2c1. The van der Waals surface area contributed by atoms with Gasteiger partial charge in [0.25, 0.3) is 0 Å². The molecule has 0 bridgehead atoms. The van der Waals surface area contributed by atoms with Gasteiger partial charge in [-0.1, -0.05) is 25.3 Å². The molecular formula is C17H21N3O. The second-order valence-corrected chi connectivity index (χ2v) is 5.70. The van der Waals surface area contributed by atoms with Gasteiger partial charge in [0.15, 0.2) is 0 Å². The van der Waals surface area contributed by atoms with Gasteiger partial charge in [-0.25, -0.2) is 0 Å². The second-order valence-electron chi connectivity index (χ2n) is 5.70. The monoisotopic (exact) mass is 283 g/mol. The number of anilines is 1. The molecule has 2 N–H and O–H groups in total.